The largest absolute Gasteiger partial charge is 0.337 e. The zero-order valence-corrected chi connectivity index (χ0v) is 9.08. The lowest BCUT2D eigenvalue weighted by molar-refractivity contribution is -0.138. The summed E-state index contributed by atoms with van der Waals surface area (Å²) in [7, 11) is 2.10. The van der Waals surface area contributed by atoms with E-state index in [0.29, 0.717) is 11.9 Å². The highest BCUT2D eigenvalue weighted by molar-refractivity contribution is 5.78. The van der Waals surface area contributed by atoms with E-state index in [-0.39, 0.29) is 5.92 Å². The molecule has 13 heavy (non-hydrogen) atoms. The first-order chi connectivity index (χ1) is 6.02. The Morgan fingerprint density at radius 3 is 2.46 bits per heavy atom. The Morgan fingerprint density at radius 2 is 2.00 bits per heavy atom. The van der Waals surface area contributed by atoms with Crippen LogP contribution in [0.5, 0.6) is 0 Å². The van der Waals surface area contributed by atoms with E-state index in [1.807, 2.05) is 18.7 Å². The standard InChI is InChI=1S/C10H20N2O/c1-8(2)10(13)12-6-5-11(4)7-9(12)3/h8-9H,5-7H2,1-4H3/t9-/m0/s1. The number of amides is 1. The van der Waals surface area contributed by atoms with Gasteiger partial charge in [-0.3, -0.25) is 4.79 Å². The Kier molecular flexibility index (Phi) is 3.31. The van der Waals surface area contributed by atoms with Crippen LogP contribution in [0, 0.1) is 5.92 Å². The van der Waals surface area contributed by atoms with Gasteiger partial charge >= 0.3 is 0 Å². The van der Waals surface area contributed by atoms with Crippen LogP contribution in [0.1, 0.15) is 20.8 Å². The van der Waals surface area contributed by atoms with Crippen molar-refractivity contribution >= 4 is 5.91 Å². The number of carbonyl (C=O) groups excluding carboxylic acids is 1. The molecule has 1 heterocycles. The molecule has 76 valence electrons. The number of hydrogen-bond donors (Lipinski definition) is 0. The fourth-order valence-corrected chi connectivity index (χ4v) is 1.80. The van der Waals surface area contributed by atoms with E-state index in [9.17, 15) is 4.79 Å². The van der Waals surface area contributed by atoms with Gasteiger partial charge in [-0.05, 0) is 14.0 Å². The Morgan fingerprint density at radius 1 is 1.38 bits per heavy atom. The molecule has 1 rings (SSSR count). The molecule has 3 heteroatoms. The molecule has 0 radical (unpaired) electrons. The van der Waals surface area contributed by atoms with Crippen molar-refractivity contribution in [3.63, 3.8) is 0 Å². The minimum absolute atomic E-state index is 0.130. The lowest BCUT2D eigenvalue weighted by Gasteiger charge is -2.39. The lowest BCUT2D eigenvalue weighted by atomic mass is 10.1. The highest BCUT2D eigenvalue weighted by Crippen LogP contribution is 2.11. The summed E-state index contributed by atoms with van der Waals surface area (Å²) in [6.07, 6.45) is 0. The molecule has 0 aromatic rings. The van der Waals surface area contributed by atoms with Crippen molar-refractivity contribution in [3.8, 4) is 0 Å². The second kappa shape index (κ2) is 4.09. The van der Waals surface area contributed by atoms with Gasteiger partial charge in [0.25, 0.3) is 0 Å². The molecule has 1 atom stereocenters. The minimum Gasteiger partial charge on any atom is -0.337 e. The first-order valence-electron chi connectivity index (χ1n) is 5.01. The van der Waals surface area contributed by atoms with E-state index in [0.717, 1.165) is 19.6 Å². The van der Waals surface area contributed by atoms with Crippen LogP contribution in [0.4, 0.5) is 0 Å². The van der Waals surface area contributed by atoms with E-state index in [2.05, 4.69) is 18.9 Å². The van der Waals surface area contributed by atoms with E-state index >= 15 is 0 Å². The normalized spacial score (nSPS) is 25.3. The van der Waals surface area contributed by atoms with Crippen LogP contribution in [0.15, 0.2) is 0 Å². The summed E-state index contributed by atoms with van der Waals surface area (Å²) in [5.41, 5.74) is 0. The van der Waals surface area contributed by atoms with Crippen LogP contribution >= 0.6 is 0 Å². The van der Waals surface area contributed by atoms with Crippen LogP contribution in [0.25, 0.3) is 0 Å². The highest BCUT2D eigenvalue weighted by atomic mass is 16.2. The maximum absolute atomic E-state index is 11.7. The van der Waals surface area contributed by atoms with Crippen molar-refractivity contribution in [2.24, 2.45) is 5.92 Å². The highest BCUT2D eigenvalue weighted by Gasteiger charge is 2.26. The molecule has 0 saturated carbocycles. The van der Waals surface area contributed by atoms with E-state index in [4.69, 9.17) is 0 Å². The predicted molar refractivity (Wildman–Crippen MR) is 53.5 cm³/mol. The van der Waals surface area contributed by atoms with Gasteiger partial charge in [-0.2, -0.15) is 0 Å². The molecule has 0 aromatic heterocycles. The third-order valence-electron chi connectivity index (χ3n) is 2.61. The van der Waals surface area contributed by atoms with Crippen molar-refractivity contribution < 1.29 is 4.79 Å². The van der Waals surface area contributed by atoms with Gasteiger partial charge in [0.2, 0.25) is 5.91 Å². The van der Waals surface area contributed by atoms with Crippen LogP contribution in [-0.4, -0.2) is 48.4 Å². The molecule has 1 saturated heterocycles. The van der Waals surface area contributed by atoms with E-state index in [1.165, 1.54) is 0 Å². The quantitative estimate of drug-likeness (QED) is 0.602. The molecule has 0 aromatic carbocycles. The number of piperazine rings is 1. The summed E-state index contributed by atoms with van der Waals surface area (Å²) in [6, 6.07) is 0.369. The SMILES string of the molecule is CC(C)C(=O)N1CCN(C)C[C@@H]1C. The number of carbonyl (C=O) groups is 1. The summed E-state index contributed by atoms with van der Waals surface area (Å²) in [5, 5.41) is 0. The molecule has 0 unspecified atom stereocenters. The number of hydrogen-bond acceptors (Lipinski definition) is 2. The maximum atomic E-state index is 11.7. The van der Waals surface area contributed by atoms with Gasteiger partial charge in [-0.15, -0.1) is 0 Å². The lowest BCUT2D eigenvalue weighted by Crippen LogP contribution is -2.53. The summed E-state index contributed by atoms with van der Waals surface area (Å²) in [6.45, 7) is 8.94. The Labute approximate surface area is 80.7 Å². The van der Waals surface area contributed by atoms with Crippen molar-refractivity contribution in [1.82, 2.24) is 9.80 Å². The molecule has 1 aliphatic rings. The van der Waals surface area contributed by atoms with Gasteiger partial charge in [0, 0.05) is 31.6 Å². The molecule has 1 aliphatic heterocycles. The Hall–Kier alpha value is -0.570. The first-order valence-corrected chi connectivity index (χ1v) is 5.01. The summed E-state index contributed by atoms with van der Waals surface area (Å²) >= 11 is 0. The smallest absolute Gasteiger partial charge is 0.225 e. The molecule has 0 N–H and O–H groups in total. The third kappa shape index (κ3) is 2.44. The van der Waals surface area contributed by atoms with Crippen LogP contribution in [-0.2, 0) is 4.79 Å². The third-order valence-corrected chi connectivity index (χ3v) is 2.61. The minimum atomic E-state index is 0.130. The number of rotatable bonds is 1. The summed E-state index contributed by atoms with van der Waals surface area (Å²) < 4.78 is 0. The van der Waals surface area contributed by atoms with Crippen molar-refractivity contribution in [1.29, 1.82) is 0 Å². The van der Waals surface area contributed by atoms with Gasteiger partial charge in [-0.1, -0.05) is 13.8 Å². The molecule has 3 nitrogen and oxygen atoms in total. The van der Waals surface area contributed by atoms with Crippen molar-refractivity contribution in [2.75, 3.05) is 26.7 Å². The van der Waals surface area contributed by atoms with Gasteiger partial charge in [0.1, 0.15) is 0 Å². The monoisotopic (exact) mass is 184 g/mol. The van der Waals surface area contributed by atoms with E-state index < -0.39 is 0 Å². The zero-order valence-electron chi connectivity index (χ0n) is 9.08. The topological polar surface area (TPSA) is 23.6 Å². The first kappa shape index (κ1) is 10.5. The van der Waals surface area contributed by atoms with Gasteiger partial charge < -0.3 is 9.80 Å². The van der Waals surface area contributed by atoms with Crippen LogP contribution in [0.2, 0.25) is 0 Å². The molecule has 0 bridgehead atoms. The van der Waals surface area contributed by atoms with Crippen molar-refractivity contribution in [3.05, 3.63) is 0 Å². The average Bonchev–Trinajstić information content (AvgIpc) is 2.03. The van der Waals surface area contributed by atoms with Crippen LogP contribution in [0.3, 0.4) is 0 Å². The van der Waals surface area contributed by atoms with Crippen LogP contribution < -0.4 is 0 Å². The second-order valence-electron chi connectivity index (χ2n) is 4.30. The molecule has 0 aliphatic carbocycles. The molecular formula is C10H20N2O. The van der Waals surface area contributed by atoms with Crippen molar-refractivity contribution in [2.45, 2.75) is 26.8 Å². The Balaban J connectivity index is 2.56. The summed E-state index contributed by atoms with van der Waals surface area (Å²) in [4.78, 5) is 16.0. The molecule has 0 spiro atoms. The molecule has 1 fully saturated rings. The summed E-state index contributed by atoms with van der Waals surface area (Å²) in [5.74, 6) is 0.423. The van der Waals surface area contributed by atoms with Gasteiger partial charge in [0.05, 0.1) is 0 Å². The maximum Gasteiger partial charge on any atom is 0.225 e. The predicted octanol–water partition coefficient (Wildman–Crippen LogP) is 0.805. The van der Waals surface area contributed by atoms with Gasteiger partial charge in [0.15, 0.2) is 0 Å². The van der Waals surface area contributed by atoms with E-state index in [1.54, 1.807) is 0 Å². The Bertz CT molecular complexity index is 191. The zero-order chi connectivity index (χ0) is 10.0. The molecule has 1 amide bonds. The second-order valence-corrected chi connectivity index (χ2v) is 4.30. The average molecular weight is 184 g/mol. The fraction of sp³-hybridized carbons (Fsp3) is 0.900. The molecular weight excluding hydrogens is 164 g/mol. The van der Waals surface area contributed by atoms with Gasteiger partial charge in [-0.25, -0.2) is 0 Å². The number of likely N-dealkylation sites (N-methyl/N-ethyl adjacent to an activating group) is 1. The number of nitrogens with zero attached hydrogens (tertiary/aromatic N) is 2. The fourth-order valence-electron chi connectivity index (χ4n) is 1.80.